The maximum absolute atomic E-state index is 5.88. The number of hydrogen-bond donors (Lipinski definition) is 1. The van der Waals surface area contributed by atoms with Crippen molar-refractivity contribution >= 4 is 31.9 Å². The van der Waals surface area contributed by atoms with Gasteiger partial charge in [0.05, 0.1) is 0 Å². The summed E-state index contributed by atoms with van der Waals surface area (Å²) in [7, 11) is 0. The van der Waals surface area contributed by atoms with E-state index in [4.69, 9.17) is 5.73 Å². The van der Waals surface area contributed by atoms with Crippen molar-refractivity contribution in [3.05, 3.63) is 0 Å². The average molecular weight is 259 g/mol. The molecule has 3 heteroatoms. The number of hydrogen-bond acceptors (Lipinski definition) is 1. The Balaban J connectivity index is 3.43. The van der Waals surface area contributed by atoms with Crippen molar-refractivity contribution in [3.8, 4) is 0 Å². The number of alkyl halides is 2. The molecule has 0 aliphatic heterocycles. The SMILES string of the molecule is CC(N)(CCBr)CCBr. The molecular weight excluding hydrogens is 246 g/mol. The van der Waals surface area contributed by atoms with Crippen molar-refractivity contribution in [1.29, 1.82) is 0 Å². The molecule has 0 heterocycles. The maximum atomic E-state index is 5.88. The smallest absolute Gasteiger partial charge is 0.0141 e. The molecule has 0 spiro atoms. The molecule has 56 valence electrons. The van der Waals surface area contributed by atoms with Crippen LogP contribution in [0.5, 0.6) is 0 Å². The first-order valence-corrected chi connectivity index (χ1v) is 5.27. The molecular formula is C6H13Br2N. The molecule has 0 unspecified atom stereocenters. The zero-order valence-corrected chi connectivity index (χ0v) is 8.83. The summed E-state index contributed by atoms with van der Waals surface area (Å²) < 4.78 is 0. The van der Waals surface area contributed by atoms with Crippen LogP contribution in [0.2, 0.25) is 0 Å². The Labute approximate surface area is 73.6 Å². The highest BCUT2D eigenvalue weighted by molar-refractivity contribution is 9.09. The lowest BCUT2D eigenvalue weighted by atomic mass is 9.98. The Morgan fingerprint density at radius 1 is 1.22 bits per heavy atom. The first kappa shape index (κ1) is 9.92. The molecule has 0 saturated heterocycles. The second-order valence-electron chi connectivity index (χ2n) is 2.53. The Morgan fingerprint density at radius 3 is 1.78 bits per heavy atom. The molecule has 0 aliphatic rings. The van der Waals surface area contributed by atoms with Gasteiger partial charge in [-0.15, -0.1) is 0 Å². The van der Waals surface area contributed by atoms with Crippen LogP contribution in [-0.2, 0) is 0 Å². The van der Waals surface area contributed by atoms with Gasteiger partial charge >= 0.3 is 0 Å². The van der Waals surface area contributed by atoms with Crippen LogP contribution in [0.3, 0.4) is 0 Å². The molecule has 2 N–H and O–H groups in total. The van der Waals surface area contributed by atoms with Gasteiger partial charge in [-0.1, -0.05) is 31.9 Å². The monoisotopic (exact) mass is 257 g/mol. The van der Waals surface area contributed by atoms with Crippen molar-refractivity contribution in [3.63, 3.8) is 0 Å². The summed E-state index contributed by atoms with van der Waals surface area (Å²) in [6.45, 7) is 2.08. The summed E-state index contributed by atoms with van der Waals surface area (Å²) in [5.41, 5.74) is 5.88. The van der Waals surface area contributed by atoms with Crippen LogP contribution in [0.25, 0.3) is 0 Å². The summed E-state index contributed by atoms with van der Waals surface area (Å²) >= 11 is 6.72. The summed E-state index contributed by atoms with van der Waals surface area (Å²) in [5.74, 6) is 0. The minimum absolute atomic E-state index is 0.00694. The van der Waals surface area contributed by atoms with E-state index in [9.17, 15) is 0 Å². The largest absolute Gasteiger partial charge is 0.325 e. The van der Waals surface area contributed by atoms with Crippen molar-refractivity contribution in [2.75, 3.05) is 10.7 Å². The quantitative estimate of drug-likeness (QED) is 0.770. The molecule has 0 fully saturated rings. The summed E-state index contributed by atoms with van der Waals surface area (Å²) in [5, 5.41) is 1.99. The van der Waals surface area contributed by atoms with E-state index in [0.717, 1.165) is 23.5 Å². The third-order valence-corrected chi connectivity index (χ3v) is 2.12. The molecule has 0 amide bonds. The van der Waals surface area contributed by atoms with Gasteiger partial charge in [-0.25, -0.2) is 0 Å². The van der Waals surface area contributed by atoms with Crippen LogP contribution in [0.15, 0.2) is 0 Å². The van der Waals surface area contributed by atoms with E-state index in [1.54, 1.807) is 0 Å². The molecule has 0 aromatic carbocycles. The fraction of sp³-hybridized carbons (Fsp3) is 1.00. The molecule has 0 aliphatic carbocycles. The highest BCUT2D eigenvalue weighted by Gasteiger charge is 2.15. The van der Waals surface area contributed by atoms with Crippen LogP contribution in [0.4, 0.5) is 0 Å². The first-order valence-electron chi connectivity index (χ1n) is 3.03. The van der Waals surface area contributed by atoms with Crippen LogP contribution in [0.1, 0.15) is 19.8 Å². The van der Waals surface area contributed by atoms with Gasteiger partial charge in [-0.2, -0.15) is 0 Å². The van der Waals surface area contributed by atoms with Gasteiger partial charge in [-0.05, 0) is 19.8 Å². The van der Waals surface area contributed by atoms with Gasteiger partial charge in [-0.3, -0.25) is 0 Å². The third-order valence-electron chi connectivity index (χ3n) is 1.33. The third kappa shape index (κ3) is 5.37. The fourth-order valence-electron chi connectivity index (χ4n) is 0.557. The van der Waals surface area contributed by atoms with E-state index in [-0.39, 0.29) is 5.54 Å². The highest BCUT2D eigenvalue weighted by Crippen LogP contribution is 2.13. The van der Waals surface area contributed by atoms with Crippen LogP contribution in [-0.4, -0.2) is 16.2 Å². The van der Waals surface area contributed by atoms with Crippen molar-refractivity contribution in [2.45, 2.75) is 25.3 Å². The predicted octanol–water partition coefficient (Wildman–Crippen LogP) is 2.27. The van der Waals surface area contributed by atoms with E-state index in [1.807, 2.05) is 0 Å². The van der Waals surface area contributed by atoms with Gasteiger partial charge in [0.1, 0.15) is 0 Å². The topological polar surface area (TPSA) is 26.0 Å². The van der Waals surface area contributed by atoms with E-state index in [0.29, 0.717) is 0 Å². The number of rotatable bonds is 4. The van der Waals surface area contributed by atoms with Crippen LogP contribution < -0.4 is 5.73 Å². The van der Waals surface area contributed by atoms with Gasteiger partial charge in [0, 0.05) is 16.2 Å². The maximum Gasteiger partial charge on any atom is 0.0141 e. The molecule has 0 rings (SSSR count). The van der Waals surface area contributed by atoms with Crippen molar-refractivity contribution in [1.82, 2.24) is 0 Å². The van der Waals surface area contributed by atoms with Gasteiger partial charge in [0.25, 0.3) is 0 Å². The van der Waals surface area contributed by atoms with Gasteiger partial charge in [0.15, 0.2) is 0 Å². The fourth-order valence-corrected chi connectivity index (χ4v) is 2.37. The molecule has 0 aromatic heterocycles. The summed E-state index contributed by atoms with van der Waals surface area (Å²) in [6, 6.07) is 0. The van der Waals surface area contributed by atoms with Crippen molar-refractivity contribution < 1.29 is 0 Å². The van der Waals surface area contributed by atoms with Gasteiger partial charge in [0.2, 0.25) is 0 Å². The van der Waals surface area contributed by atoms with E-state index < -0.39 is 0 Å². The standard InChI is InChI=1S/C6H13Br2N/c1-6(9,2-4-7)3-5-8/h2-5,9H2,1H3. The minimum atomic E-state index is 0.00694. The molecule has 0 atom stereocenters. The highest BCUT2D eigenvalue weighted by atomic mass is 79.9. The molecule has 0 bridgehead atoms. The average Bonchev–Trinajstić information content (AvgIpc) is 1.64. The Hall–Kier alpha value is 0.920. The van der Waals surface area contributed by atoms with Crippen LogP contribution >= 0.6 is 31.9 Å². The molecule has 0 aromatic rings. The van der Waals surface area contributed by atoms with Crippen LogP contribution in [0, 0.1) is 0 Å². The normalized spacial score (nSPS) is 12.0. The van der Waals surface area contributed by atoms with E-state index >= 15 is 0 Å². The second-order valence-corrected chi connectivity index (χ2v) is 4.12. The summed E-state index contributed by atoms with van der Waals surface area (Å²) in [4.78, 5) is 0. The second kappa shape index (κ2) is 4.69. The number of halogens is 2. The molecule has 1 nitrogen and oxygen atoms in total. The zero-order chi connectivity index (χ0) is 7.33. The number of nitrogens with two attached hydrogens (primary N) is 1. The zero-order valence-electron chi connectivity index (χ0n) is 5.66. The Morgan fingerprint density at radius 2 is 1.56 bits per heavy atom. The first-order chi connectivity index (χ1) is 4.12. The van der Waals surface area contributed by atoms with E-state index in [2.05, 4.69) is 38.8 Å². The van der Waals surface area contributed by atoms with Gasteiger partial charge < -0.3 is 5.73 Å². The van der Waals surface area contributed by atoms with E-state index in [1.165, 1.54) is 0 Å². The lowest BCUT2D eigenvalue weighted by molar-refractivity contribution is 0.447. The lowest BCUT2D eigenvalue weighted by Crippen LogP contribution is -2.36. The predicted molar refractivity (Wildman–Crippen MR) is 49.4 cm³/mol. The molecule has 9 heavy (non-hydrogen) atoms. The Kier molecular flexibility index (Phi) is 5.17. The minimum Gasteiger partial charge on any atom is -0.325 e. The molecule has 0 radical (unpaired) electrons. The van der Waals surface area contributed by atoms with Crippen molar-refractivity contribution in [2.24, 2.45) is 5.73 Å². The summed E-state index contributed by atoms with van der Waals surface area (Å²) in [6.07, 6.45) is 2.08. The lowest BCUT2D eigenvalue weighted by Gasteiger charge is -2.21. The molecule has 0 saturated carbocycles. The Bertz CT molecular complexity index is 65.5.